The molecular formula is C6H10KN3O5S2. The minimum atomic E-state index is -4.28. The SMILES string of the molecule is CS(=O)(=O)c1nncn1CCCS(=O)(=O)[O-].[K+]. The molecule has 0 aromatic carbocycles. The molecule has 0 spiro atoms. The fourth-order valence-electron chi connectivity index (χ4n) is 1.10. The molecule has 92 valence electrons. The zero-order valence-corrected chi connectivity index (χ0v) is 14.2. The van der Waals surface area contributed by atoms with Crippen LogP contribution >= 0.6 is 0 Å². The Labute approximate surface area is 142 Å². The van der Waals surface area contributed by atoms with Crippen molar-refractivity contribution in [2.75, 3.05) is 12.0 Å². The maximum atomic E-state index is 11.2. The van der Waals surface area contributed by atoms with Crippen LogP contribution in [0.3, 0.4) is 0 Å². The third-order valence-corrected chi connectivity index (χ3v) is 3.47. The van der Waals surface area contributed by atoms with E-state index >= 15 is 0 Å². The van der Waals surface area contributed by atoms with Crippen LogP contribution < -0.4 is 51.4 Å². The molecule has 0 aliphatic heterocycles. The number of rotatable bonds is 5. The summed E-state index contributed by atoms with van der Waals surface area (Å²) < 4.78 is 54.5. The molecule has 0 unspecified atom stereocenters. The average Bonchev–Trinajstić information content (AvgIpc) is 2.48. The predicted octanol–water partition coefficient (Wildman–Crippen LogP) is -4.38. The van der Waals surface area contributed by atoms with Crippen molar-refractivity contribution in [3.05, 3.63) is 6.33 Å². The minimum Gasteiger partial charge on any atom is -0.748 e. The first-order valence-corrected chi connectivity index (χ1v) is 7.68. The molecule has 0 bridgehead atoms. The van der Waals surface area contributed by atoms with E-state index in [1.165, 1.54) is 10.9 Å². The molecule has 8 nitrogen and oxygen atoms in total. The molecule has 1 heterocycles. The Morgan fingerprint density at radius 1 is 1.35 bits per heavy atom. The van der Waals surface area contributed by atoms with Gasteiger partial charge in [-0.1, -0.05) is 0 Å². The van der Waals surface area contributed by atoms with Crippen LogP contribution in [-0.2, 0) is 26.5 Å². The summed E-state index contributed by atoms with van der Waals surface area (Å²) in [7, 11) is -7.77. The number of nitrogens with zero attached hydrogens (tertiary/aromatic N) is 3. The summed E-state index contributed by atoms with van der Waals surface area (Å²) in [5.41, 5.74) is 0. The monoisotopic (exact) mass is 307 g/mol. The second-order valence-corrected chi connectivity index (χ2v) is 6.63. The molecule has 1 aromatic heterocycles. The van der Waals surface area contributed by atoms with E-state index in [1.54, 1.807) is 0 Å². The maximum absolute atomic E-state index is 11.2. The molecule has 1 aromatic rings. The van der Waals surface area contributed by atoms with Crippen molar-refractivity contribution in [2.24, 2.45) is 0 Å². The molecule has 1 rings (SSSR count). The van der Waals surface area contributed by atoms with Crippen molar-refractivity contribution in [1.82, 2.24) is 14.8 Å². The van der Waals surface area contributed by atoms with E-state index in [0.29, 0.717) is 0 Å². The Hall–Kier alpha value is 0.636. The molecule has 0 aliphatic rings. The van der Waals surface area contributed by atoms with E-state index in [9.17, 15) is 21.4 Å². The number of hydrogen-bond acceptors (Lipinski definition) is 7. The van der Waals surface area contributed by atoms with Gasteiger partial charge in [-0.15, -0.1) is 10.2 Å². The molecular weight excluding hydrogens is 297 g/mol. The largest absolute Gasteiger partial charge is 1.00 e. The van der Waals surface area contributed by atoms with Crippen LogP contribution in [0.2, 0.25) is 0 Å². The molecule has 0 saturated heterocycles. The molecule has 0 saturated carbocycles. The van der Waals surface area contributed by atoms with Gasteiger partial charge in [-0.25, -0.2) is 16.8 Å². The molecule has 17 heavy (non-hydrogen) atoms. The molecule has 0 atom stereocenters. The van der Waals surface area contributed by atoms with E-state index < -0.39 is 25.7 Å². The summed E-state index contributed by atoms with van der Waals surface area (Å²) in [6.07, 6.45) is 2.16. The van der Waals surface area contributed by atoms with Crippen molar-refractivity contribution < 1.29 is 72.8 Å². The van der Waals surface area contributed by atoms with Gasteiger partial charge < -0.3 is 9.12 Å². The molecule has 0 N–H and O–H groups in total. The number of aromatic nitrogens is 3. The van der Waals surface area contributed by atoms with Crippen LogP contribution in [0.4, 0.5) is 0 Å². The first-order chi connectivity index (χ1) is 7.20. The zero-order chi connectivity index (χ0) is 12.4. The first kappa shape index (κ1) is 17.6. The minimum absolute atomic E-state index is 0. The predicted molar refractivity (Wildman–Crippen MR) is 52.3 cm³/mol. The Kier molecular flexibility index (Phi) is 6.95. The first-order valence-electron chi connectivity index (χ1n) is 4.21. The van der Waals surface area contributed by atoms with Gasteiger partial charge in [0.15, 0.2) is 0 Å². The van der Waals surface area contributed by atoms with Crippen molar-refractivity contribution in [3.8, 4) is 0 Å². The second-order valence-electron chi connectivity index (χ2n) is 3.19. The van der Waals surface area contributed by atoms with Crippen LogP contribution in [-0.4, -0.2) is 48.2 Å². The fraction of sp³-hybridized carbons (Fsp3) is 0.667. The van der Waals surface area contributed by atoms with E-state index in [-0.39, 0.29) is 69.5 Å². The van der Waals surface area contributed by atoms with Crippen LogP contribution in [0.1, 0.15) is 6.42 Å². The van der Waals surface area contributed by atoms with Crippen LogP contribution in [0.5, 0.6) is 0 Å². The van der Waals surface area contributed by atoms with Gasteiger partial charge in [0.05, 0.1) is 10.1 Å². The van der Waals surface area contributed by atoms with Crippen LogP contribution in [0.15, 0.2) is 11.5 Å². The Morgan fingerprint density at radius 3 is 2.41 bits per heavy atom. The van der Waals surface area contributed by atoms with E-state index in [0.717, 1.165) is 6.26 Å². The van der Waals surface area contributed by atoms with Crippen LogP contribution in [0, 0.1) is 0 Å². The maximum Gasteiger partial charge on any atom is 1.00 e. The van der Waals surface area contributed by atoms with Gasteiger partial charge in [0.1, 0.15) is 6.33 Å². The van der Waals surface area contributed by atoms with Crippen molar-refractivity contribution in [1.29, 1.82) is 0 Å². The number of hydrogen-bond donors (Lipinski definition) is 0. The summed E-state index contributed by atoms with van der Waals surface area (Å²) >= 11 is 0. The van der Waals surface area contributed by atoms with Gasteiger partial charge in [0.2, 0.25) is 15.0 Å². The van der Waals surface area contributed by atoms with E-state index in [4.69, 9.17) is 0 Å². The van der Waals surface area contributed by atoms with Gasteiger partial charge in [-0.2, -0.15) is 0 Å². The van der Waals surface area contributed by atoms with Gasteiger partial charge >= 0.3 is 51.4 Å². The Balaban J connectivity index is 0.00000256. The molecule has 0 amide bonds. The standard InChI is InChI=1S/C6H11N3O5S2.K/c1-15(10,11)6-8-7-5-9(6)3-2-4-16(12,13)14;/h5H,2-4H2,1H3,(H,12,13,14);/q;+1/p-1. The average molecular weight is 307 g/mol. The zero-order valence-electron chi connectivity index (χ0n) is 9.40. The number of sulfone groups is 1. The smallest absolute Gasteiger partial charge is 0.748 e. The quantitative estimate of drug-likeness (QED) is 0.398. The summed E-state index contributed by atoms with van der Waals surface area (Å²) in [6.45, 7) is 0.0663. The van der Waals surface area contributed by atoms with Gasteiger partial charge in [-0.3, -0.25) is 0 Å². The van der Waals surface area contributed by atoms with Gasteiger partial charge in [0.25, 0.3) is 0 Å². The summed E-state index contributed by atoms with van der Waals surface area (Å²) in [5, 5.41) is 6.57. The third-order valence-electron chi connectivity index (χ3n) is 1.71. The van der Waals surface area contributed by atoms with E-state index in [1.807, 2.05) is 0 Å². The van der Waals surface area contributed by atoms with Gasteiger partial charge in [0, 0.05) is 18.6 Å². The fourth-order valence-corrected chi connectivity index (χ4v) is 2.34. The van der Waals surface area contributed by atoms with Crippen molar-refractivity contribution >= 4 is 20.0 Å². The summed E-state index contributed by atoms with van der Waals surface area (Å²) in [4.78, 5) is 0. The van der Waals surface area contributed by atoms with Crippen molar-refractivity contribution in [2.45, 2.75) is 18.1 Å². The topological polar surface area (TPSA) is 122 Å². The van der Waals surface area contributed by atoms with Crippen molar-refractivity contribution in [3.63, 3.8) is 0 Å². The molecule has 0 fully saturated rings. The molecule has 0 aliphatic carbocycles. The van der Waals surface area contributed by atoms with E-state index in [2.05, 4.69) is 10.2 Å². The second kappa shape index (κ2) is 6.70. The summed E-state index contributed by atoms with van der Waals surface area (Å²) in [6, 6.07) is 0. The Morgan fingerprint density at radius 2 is 1.94 bits per heavy atom. The number of aryl methyl sites for hydroxylation is 1. The summed E-state index contributed by atoms with van der Waals surface area (Å²) in [5.74, 6) is -0.547. The third kappa shape index (κ3) is 6.38. The Bertz CT molecular complexity index is 564. The normalized spacial score (nSPS) is 12.1. The van der Waals surface area contributed by atoms with Crippen LogP contribution in [0.25, 0.3) is 0 Å². The molecule has 11 heteroatoms. The van der Waals surface area contributed by atoms with Gasteiger partial charge in [-0.05, 0) is 6.42 Å². The molecule has 0 radical (unpaired) electrons.